The molecule has 0 bridgehead atoms. The number of rotatable bonds is 8. The smallest absolute Gasteiger partial charge is 0.375 e. The van der Waals surface area contributed by atoms with Crippen LogP contribution in [0, 0.1) is 0 Å². The van der Waals surface area contributed by atoms with E-state index in [9.17, 15) is 26.3 Å². The minimum atomic E-state index is -4.89. The number of hydrogen-bond acceptors (Lipinski definition) is 2. The van der Waals surface area contributed by atoms with Crippen molar-refractivity contribution in [1.82, 2.24) is 4.90 Å². The Labute approximate surface area is 194 Å². The second-order valence-electron chi connectivity index (χ2n) is 8.26. The van der Waals surface area contributed by atoms with Crippen LogP contribution >= 0.6 is 0 Å². The van der Waals surface area contributed by atoms with Crippen molar-refractivity contribution in [3.8, 4) is 0 Å². The summed E-state index contributed by atoms with van der Waals surface area (Å²) in [6.07, 6.45) is -9.79. The number of hydrogen-bond donors (Lipinski definition) is 0. The second-order valence-corrected chi connectivity index (χ2v) is 8.26. The Kier molecular flexibility index (Phi) is 8.05. The molecular formula is C26H25F6NO. The van der Waals surface area contributed by atoms with Gasteiger partial charge in [0.1, 0.15) is 0 Å². The highest BCUT2D eigenvalue weighted by atomic mass is 19.4. The first-order valence-corrected chi connectivity index (χ1v) is 10.6. The molecule has 2 nitrogen and oxygen atoms in total. The summed E-state index contributed by atoms with van der Waals surface area (Å²) in [5.41, 5.74) is -0.840. The van der Waals surface area contributed by atoms with Gasteiger partial charge in [-0.2, -0.15) is 26.3 Å². The van der Waals surface area contributed by atoms with Crippen molar-refractivity contribution in [2.75, 3.05) is 20.7 Å². The van der Waals surface area contributed by atoms with E-state index in [2.05, 4.69) is 0 Å². The Morgan fingerprint density at radius 1 is 0.706 bits per heavy atom. The zero-order valence-corrected chi connectivity index (χ0v) is 18.7. The Balaban J connectivity index is 1.86. The van der Waals surface area contributed by atoms with Gasteiger partial charge >= 0.3 is 12.4 Å². The fraction of sp³-hybridized carbons (Fsp3) is 0.308. The van der Waals surface area contributed by atoms with Gasteiger partial charge in [-0.1, -0.05) is 60.7 Å². The lowest BCUT2D eigenvalue weighted by atomic mass is 9.85. The molecule has 0 radical (unpaired) electrons. The molecule has 3 aromatic carbocycles. The Morgan fingerprint density at radius 3 is 1.53 bits per heavy atom. The summed E-state index contributed by atoms with van der Waals surface area (Å²) in [6.45, 7) is -0.285. The molecule has 0 amide bonds. The van der Waals surface area contributed by atoms with E-state index in [0.29, 0.717) is 12.1 Å². The average molecular weight is 481 g/mol. The van der Waals surface area contributed by atoms with Gasteiger partial charge in [-0.15, -0.1) is 0 Å². The molecule has 0 fully saturated rings. The summed E-state index contributed by atoms with van der Waals surface area (Å²) in [6, 6.07) is 20.7. The molecule has 3 rings (SSSR count). The fourth-order valence-electron chi connectivity index (χ4n) is 3.90. The largest absolute Gasteiger partial charge is 0.416 e. The summed E-state index contributed by atoms with van der Waals surface area (Å²) in [5, 5.41) is 0. The number of ether oxygens (including phenoxy) is 1. The van der Waals surface area contributed by atoms with E-state index in [0.717, 1.165) is 11.1 Å². The maximum atomic E-state index is 13.2. The quantitative estimate of drug-likeness (QED) is 0.321. The topological polar surface area (TPSA) is 12.5 Å². The number of alkyl halides is 6. The third-order valence-corrected chi connectivity index (χ3v) is 5.57. The van der Waals surface area contributed by atoms with Crippen molar-refractivity contribution < 1.29 is 31.1 Å². The van der Waals surface area contributed by atoms with E-state index >= 15 is 0 Å². The SMILES string of the molecule is CN(C)C(COCc1cc(C(F)(F)F)cc(C(F)(F)F)c1)C(c1ccccc1)c1ccccc1. The van der Waals surface area contributed by atoms with E-state index in [4.69, 9.17) is 4.74 Å². The van der Waals surface area contributed by atoms with Gasteiger partial charge < -0.3 is 9.64 Å². The molecule has 0 aliphatic heterocycles. The van der Waals surface area contributed by atoms with Crippen LogP contribution in [-0.4, -0.2) is 31.6 Å². The third-order valence-electron chi connectivity index (χ3n) is 5.57. The molecule has 182 valence electrons. The molecule has 0 saturated carbocycles. The van der Waals surface area contributed by atoms with Crippen LogP contribution in [0.2, 0.25) is 0 Å². The predicted octanol–water partition coefficient (Wildman–Crippen LogP) is 7.00. The summed E-state index contributed by atoms with van der Waals surface area (Å²) in [4.78, 5) is 1.94. The van der Waals surface area contributed by atoms with Gasteiger partial charge in [0.25, 0.3) is 0 Å². The fourth-order valence-corrected chi connectivity index (χ4v) is 3.90. The van der Waals surface area contributed by atoms with E-state index in [1.165, 1.54) is 0 Å². The van der Waals surface area contributed by atoms with Crippen molar-refractivity contribution in [3.63, 3.8) is 0 Å². The van der Waals surface area contributed by atoms with E-state index in [1.54, 1.807) is 0 Å². The van der Waals surface area contributed by atoms with Crippen LogP contribution in [0.3, 0.4) is 0 Å². The highest BCUT2D eigenvalue weighted by Gasteiger charge is 2.37. The Morgan fingerprint density at radius 2 is 1.15 bits per heavy atom. The monoisotopic (exact) mass is 481 g/mol. The number of benzene rings is 3. The van der Waals surface area contributed by atoms with Crippen LogP contribution in [-0.2, 0) is 23.7 Å². The molecule has 1 atom stereocenters. The van der Waals surface area contributed by atoms with Crippen LogP contribution in [0.4, 0.5) is 26.3 Å². The highest BCUT2D eigenvalue weighted by molar-refractivity contribution is 5.35. The third kappa shape index (κ3) is 6.61. The standard InChI is InChI=1S/C26H25F6NO/c1-33(2)23(24(19-9-5-3-6-10-19)20-11-7-4-8-12-20)17-34-16-18-13-21(25(27,28)29)15-22(14-18)26(30,31)32/h3-15,23-24H,16-17H2,1-2H3. The van der Waals surface area contributed by atoms with Crippen molar-refractivity contribution in [1.29, 1.82) is 0 Å². The van der Waals surface area contributed by atoms with Crippen molar-refractivity contribution in [3.05, 3.63) is 107 Å². The van der Waals surface area contributed by atoms with Crippen LogP contribution < -0.4 is 0 Å². The van der Waals surface area contributed by atoms with Crippen molar-refractivity contribution >= 4 is 0 Å². The minimum absolute atomic E-state index is 0.0963. The number of nitrogens with zero attached hydrogens (tertiary/aromatic N) is 1. The van der Waals surface area contributed by atoms with Gasteiger partial charge in [-0.25, -0.2) is 0 Å². The lowest BCUT2D eigenvalue weighted by Gasteiger charge is -2.33. The molecular weight excluding hydrogens is 456 g/mol. The molecule has 1 unspecified atom stereocenters. The van der Waals surface area contributed by atoms with Crippen LogP contribution in [0.15, 0.2) is 78.9 Å². The van der Waals surface area contributed by atoms with Crippen molar-refractivity contribution in [2.24, 2.45) is 0 Å². The molecule has 8 heteroatoms. The zero-order valence-electron chi connectivity index (χ0n) is 18.7. The molecule has 0 spiro atoms. The maximum Gasteiger partial charge on any atom is 0.416 e. The van der Waals surface area contributed by atoms with Crippen LogP contribution in [0.25, 0.3) is 0 Å². The van der Waals surface area contributed by atoms with Gasteiger partial charge in [-0.05, 0) is 49.0 Å². The van der Waals surface area contributed by atoms with Gasteiger partial charge in [0, 0.05) is 12.0 Å². The minimum Gasteiger partial charge on any atom is -0.375 e. The normalized spacial score (nSPS) is 13.5. The molecule has 0 heterocycles. The van der Waals surface area contributed by atoms with E-state index < -0.39 is 23.5 Å². The molecule has 34 heavy (non-hydrogen) atoms. The van der Waals surface area contributed by atoms with Crippen LogP contribution in [0.1, 0.15) is 33.7 Å². The average Bonchev–Trinajstić information content (AvgIpc) is 2.78. The number of halogens is 6. The number of likely N-dealkylation sites (N-methyl/N-ethyl adjacent to an activating group) is 1. The molecule has 0 N–H and O–H groups in total. The van der Waals surface area contributed by atoms with Crippen LogP contribution in [0.5, 0.6) is 0 Å². The first-order chi connectivity index (χ1) is 16.0. The lowest BCUT2D eigenvalue weighted by Crippen LogP contribution is -2.38. The zero-order chi connectivity index (χ0) is 24.9. The molecule has 0 saturated heterocycles. The van der Waals surface area contributed by atoms with E-state index in [1.807, 2.05) is 79.7 Å². The van der Waals surface area contributed by atoms with Gasteiger partial charge in [0.15, 0.2) is 0 Å². The van der Waals surface area contributed by atoms with Gasteiger partial charge in [0.05, 0.1) is 24.3 Å². The summed E-state index contributed by atoms with van der Waals surface area (Å²) in [5.74, 6) is -0.121. The first kappa shape index (κ1) is 25.8. The first-order valence-electron chi connectivity index (χ1n) is 10.6. The predicted molar refractivity (Wildman–Crippen MR) is 118 cm³/mol. The molecule has 3 aromatic rings. The highest BCUT2D eigenvalue weighted by Crippen LogP contribution is 2.37. The molecule has 0 aliphatic carbocycles. The lowest BCUT2D eigenvalue weighted by molar-refractivity contribution is -0.143. The summed E-state index contributed by atoms with van der Waals surface area (Å²) in [7, 11) is 3.72. The summed E-state index contributed by atoms with van der Waals surface area (Å²) >= 11 is 0. The summed E-state index contributed by atoms with van der Waals surface area (Å²) < 4.78 is 84.7. The van der Waals surface area contributed by atoms with Crippen molar-refractivity contribution in [2.45, 2.75) is 30.9 Å². The Hall–Kier alpha value is -2.84. The van der Waals surface area contributed by atoms with Gasteiger partial charge in [-0.3, -0.25) is 0 Å². The molecule has 0 aliphatic rings. The maximum absolute atomic E-state index is 13.2. The van der Waals surface area contributed by atoms with Gasteiger partial charge in [0.2, 0.25) is 0 Å². The molecule has 0 aromatic heterocycles. The van der Waals surface area contributed by atoms with E-state index in [-0.39, 0.29) is 36.8 Å². The second kappa shape index (κ2) is 10.6. The Bertz CT molecular complexity index is 977.